The van der Waals surface area contributed by atoms with E-state index < -0.39 is 0 Å². The van der Waals surface area contributed by atoms with Crippen molar-refractivity contribution >= 4 is 0 Å². The third-order valence-electron chi connectivity index (χ3n) is 2.89. The number of hydrogen-bond donors (Lipinski definition) is 1. The van der Waals surface area contributed by atoms with Crippen LogP contribution in [-0.4, -0.2) is 7.05 Å². The lowest BCUT2D eigenvalue weighted by atomic mass is 10.0. The fourth-order valence-electron chi connectivity index (χ4n) is 2.04. The van der Waals surface area contributed by atoms with Crippen LogP contribution in [0.15, 0.2) is 48.5 Å². The molecule has 2 aromatic rings. The normalized spacial score (nSPS) is 10.5. The van der Waals surface area contributed by atoms with E-state index in [0.717, 1.165) is 13.0 Å². The van der Waals surface area contributed by atoms with Crippen LogP contribution in [0.4, 0.5) is 0 Å². The topological polar surface area (TPSA) is 12.0 Å². The standard InChI is InChI=1S/C16H19N/c1-13-4-3-5-16(10-13)11-14-6-8-15(9-7-14)12-17-2/h3-10,17H,11-12H2,1-2H3. The number of aryl methyl sites for hydroxylation is 1. The van der Waals surface area contributed by atoms with Crippen molar-refractivity contribution in [2.45, 2.75) is 19.9 Å². The van der Waals surface area contributed by atoms with Crippen LogP contribution >= 0.6 is 0 Å². The summed E-state index contributed by atoms with van der Waals surface area (Å²) in [6.07, 6.45) is 1.02. The summed E-state index contributed by atoms with van der Waals surface area (Å²) in [7, 11) is 1.97. The SMILES string of the molecule is CNCc1ccc(Cc2cccc(C)c2)cc1. The Morgan fingerprint density at radius 2 is 1.59 bits per heavy atom. The second-order valence-electron chi connectivity index (χ2n) is 4.51. The molecule has 0 aliphatic carbocycles. The molecule has 0 aliphatic rings. The molecule has 0 aliphatic heterocycles. The van der Waals surface area contributed by atoms with Crippen LogP contribution in [0.3, 0.4) is 0 Å². The number of nitrogens with one attached hydrogen (secondary N) is 1. The molecule has 2 aromatic carbocycles. The van der Waals surface area contributed by atoms with Gasteiger partial charge in [0.2, 0.25) is 0 Å². The summed E-state index contributed by atoms with van der Waals surface area (Å²) < 4.78 is 0. The van der Waals surface area contributed by atoms with E-state index in [-0.39, 0.29) is 0 Å². The first kappa shape index (κ1) is 11.9. The van der Waals surface area contributed by atoms with E-state index in [0.29, 0.717) is 0 Å². The molecule has 17 heavy (non-hydrogen) atoms. The van der Waals surface area contributed by atoms with Crippen molar-refractivity contribution < 1.29 is 0 Å². The van der Waals surface area contributed by atoms with Crippen molar-refractivity contribution in [3.8, 4) is 0 Å². The van der Waals surface area contributed by atoms with E-state index in [1.54, 1.807) is 0 Å². The van der Waals surface area contributed by atoms with E-state index in [4.69, 9.17) is 0 Å². The third-order valence-corrected chi connectivity index (χ3v) is 2.89. The monoisotopic (exact) mass is 225 g/mol. The Balaban J connectivity index is 2.08. The van der Waals surface area contributed by atoms with Crippen molar-refractivity contribution in [1.82, 2.24) is 5.32 Å². The smallest absolute Gasteiger partial charge is 0.0202 e. The van der Waals surface area contributed by atoms with Gasteiger partial charge in [0.05, 0.1) is 0 Å². The highest BCUT2D eigenvalue weighted by Crippen LogP contribution is 2.12. The predicted octanol–water partition coefficient (Wildman–Crippen LogP) is 3.31. The average Bonchev–Trinajstić information content (AvgIpc) is 2.32. The molecular formula is C16H19N. The molecule has 0 aromatic heterocycles. The van der Waals surface area contributed by atoms with E-state index in [1.165, 1.54) is 22.3 Å². The molecule has 0 radical (unpaired) electrons. The fourth-order valence-corrected chi connectivity index (χ4v) is 2.04. The maximum absolute atomic E-state index is 3.16. The lowest BCUT2D eigenvalue weighted by Gasteiger charge is -2.05. The first-order chi connectivity index (χ1) is 8.28. The summed E-state index contributed by atoms with van der Waals surface area (Å²) in [5.41, 5.74) is 5.41. The molecule has 1 heteroatoms. The largest absolute Gasteiger partial charge is 0.316 e. The van der Waals surface area contributed by atoms with Gasteiger partial charge in [-0.3, -0.25) is 0 Å². The average molecular weight is 225 g/mol. The van der Waals surface area contributed by atoms with Crippen LogP contribution in [0.1, 0.15) is 22.3 Å². The Labute approximate surface area is 103 Å². The molecule has 0 amide bonds. The zero-order valence-electron chi connectivity index (χ0n) is 10.5. The van der Waals surface area contributed by atoms with Gasteiger partial charge in [0.1, 0.15) is 0 Å². The first-order valence-electron chi connectivity index (χ1n) is 6.06. The predicted molar refractivity (Wildman–Crippen MR) is 73.2 cm³/mol. The molecule has 1 N–H and O–H groups in total. The Hall–Kier alpha value is -1.60. The fraction of sp³-hybridized carbons (Fsp3) is 0.250. The molecule has 0 atom stereocenters. The minimum Gasteiger partial charge on any atom is -0.316 e. The van der Waals surface area contributed by atoms with Gasteiger partial charge >= 0.3 is 0 Å². The molecule has 88 valence electrons. The number of benzene rings is 2. The van der Waals surface area contributed by atoms with Gasteiger partial charge in [0, 0.05) is 6.54 Å². The molecule has 0 heterocycles. The lowest BCUT2D eigenvalue weighted by Crippen LogP contribution is -2.04. The highest BCUT2D eigenvalue weighted by molar-refractivity contribution is 5.30. The summed E-state index contributed by atoms with van der Waals surface area (Å²) >= 11 is 0. The molecule has 0 unspecified atom stereocenters. The van der Waals surface area contributed by atoms with Crippen molar-refractivity contribution in [2.75, 3.05) is 7.05 Å². The van der Waals surface area contributed by atoms with Gasteiger partial charge in [0.25, 0.3) is 0 Å². The lowest BCUT2D eigenvalue weighted by molar-refractivity contribution is 0.817. The maximum Gasteiger partial charge on any atom is 0.0202 e. The minimum absolute atomic E-state index is 0.935. The second-order valence-corrected chi connectivity index (χ2v) is 4.51. The zero-order chi connectivity index (χ0) is 12.1. The number of hydrogen-bond acceptors (Lipinski definition) is 1. The quantitative estimate of drug-likeness (QED) is 0.841. The van der Waals surface area contributed by atoms with E-state index in [2.05, 4.69) is 60.8 Å². The summed E-state index contributed by atoms with van der Waals surface area (Å²) in [6.45, 7) is 3.07. The summed E-state index contributed by atoms with van der Waals surface area (Å²) in [6, 6.07) is 17.5. The van der Waals surface area contributed by atoms with Gasteiger partial charge in [-0.25, -0.2) is 0 Å². The van der Waals surface area contributed by atoms with Crippen LogP contribution in [0.25, 0.3) is 0 Å². The van der Waals surface area contributed by atoms with Crippen LogP contribution in [0.5, 0.6) is 0 Å². The highest BCUT2D eigenvalue weighted by atomic mass is 14.8. The molecular weight excluding hydrogens is 206 g/mol. The van der Waals surface area contributed by atoms with Crippen molar-refractivity contribution in [3.05, 3.63) is 70.8 Å². The molecule has 2 rings (SSSR count). The zero-order valence-corrected chi connectivity index (χ0v) is 10.5. The van der Waals surface area contributed by atoms with Crippen molar-refractivity contribution in [1.29, 1.82) is 0 Å². The van der Waals surface area contributed by atoms with Crippen LogP contribution in [-0.2, 0) is 13.0 Å². The molecule has 1 nitrogen and oxygen atoms in total. The van der Waals surface area contributed by atoms with Crippen molar-refractivity contribution in [2.24, 2.45) is 0 Å². The summed E-state index contributed by atoms with van der Waals surface area (Å²) in [5, 5.41) is 3.16. The molecule has 0 saturated carbocycles. The third kappa shape index (κ3) is 3.43. The Morgan fingerprint density at radius 3 is 2.24 bits per heavy atom. The van der Waals surface area contributed by atoms with Gasteiger partial charge in [-0.15, -0.1) is 0 Å². The van der Waals surface area contributed by atoms with E-state index >= 15 is 0 Å². The van der Waals surface area contributed by atoms with Crippen LogP contribution in [0, 0.1) is 6.92 Å². The van der Waals surface area contributed by atoms with Crippen LogP contribution < -0.4 is 5.32 Å². The van der Waals surface area contributed by atoms with Crippen molar-refractivity contribution in [3.63, 3.8) is 0 Å². The molecule has 0 spiro atoms. The van der Waals surface area contributed by atoms with Gasteiger partial charge in [-0.05, 0) is 37.1 Å². The first-order valence-corrected chi connectivity index (χ1v) is 6.06. The minimum atomic E-state index is 0.935. The summed E-state index contributed by atoms with van der Waals surface area (Å²) in [4.78, 5) is 0. The highest BCUT2D eigenvalue weighted by Gasteiger charge is 1.97. The molecule has 0 fully saturated rings. The van der Waals surface area contributed by atoms with Gasteiger partial charge in [-0.1, -0.05) is 54.1 Å². The second kappa shape index (κ2) is 5.65. The van der Waals surface area contributed by atoms with Gasteiger partial charge in [0.15, 0.2) is 0 Å². The molecule has 0 saturated heterocycles. The van der Waals surface area contributed by atoms with E-state index in [9.17, 15) is 0 Å². The van der Waals surface area contributed by atoms with E-state index in [1.807, 2.05) is 7.05 Å². The maximum atomic E-state index is 3.16. The Morgan fingerprint density at radius 1 is 0.882 bits per heavy atom. The Bertz CT molecular complexity index is 471. The molecule has 0 bridgehead atoms. The van der Waals surface area contributed by atoms with Gasteiger partial charge in [-0.2, -0.15) is 0 Å². The number of rotatable bonds is 4. The summed E-state index contributed by atoms with van der Waals surface area (Å²) in [5.74, 6) is 0. The Kier molecular flexibility index (Phi) is 3.94. The van der Waals surface area contributed by atoms with Crippen LogP contribution in [0.2, 0.25) is 0 Å². The van der Waals surface area contributed by atoms with Gasteiger partial charge < -0.3 is 5.32 Å².